The van der Waals surface area contributed by atoms with Gasteiger partial charge in [0, 0.05) is 0 Å². The van der Waals surface area contributed by atoms with Crippen LogP contribution in [-0.2, 0) is 0 Å². The summed E-state index contributed by atoms with van der Waals surface area (Å²) in [5, 5.41) is 20.5. The summed E-state index contributed by atoms with van der Waals surface area (Å²) in [6.45, 7) is 4.00. The average Bonchev–Trinajstić information content (AvgIpc) is 3.51. The van der Waals surface area contributed by atoms with Crippen LogP contribution in [0.4, 0.5) is 0 Å². The first-order valence-electron chi connectivity index (χ1n) is 26.7. The van der Waals surface area contributed by atoms with Crippen molar-refractivity contribution in [3.63, 3.8) is 0 Å². The first-order chi connectivity index (χ1) is 37.7. The average molecular weight is 967 g/mol. The molecule has 15 rings (SSSR count). The Hall–Kier alpha value is -9.62. The predicted octanol–water partition coefficient (Wildman–Crippen LogP) is 22.0. The monoisotopic (exact) mass is 966 g/mol. The first kappa shape index (κ1) is 46.2. The Kier molecular flexibility index (Phi) is 12.2. The zero-order valence-corrected chi connectivity index (χ0v) is 42.7. The van der Waals surface area contributed by atoms with Crippen molar-refractivity contribution < 1.29 is 0 Å². The van der Waals surface area contributed by atoms with Crippen molar-refractivity contribution in [1.82, 2.24) is 0 Å². The maximum atomic E-state index is 2.34. The molecule has 0 nitrogen and oxygen atoms in total. The van der Waals surface area contributed by atoms with Gasteiger partial charge in [-0.3, -0.25) is 0 Å². The van der Waals surface area contributed by atoms with E-state index in [1.54, 1.807) is 0 Å². The Morgan fingerprint density at radius 2 is 0.421 bits per heavy atom. The highest BCUT2D eigenvalue weighted by atomic mass is 14.2. The largest absolute Gasteiger partial charge is 0.0683 e. The lowest BCUT2D eigenvalue weighted by molar-refractivity contribution is 1.50. The van der Waals surface area contributed by atoms with Gasteiger partial charge < -0.3 is 0 Å². The Morgan fingerprint density at radius 1 is 0.158 bits per heavy atom. The van der Waals surface area contributed by atoms with Crippen LogP contribution < -0.4 is 0 Å². The quantitative estimate of drug-likeness (QED) is 0.151. The van der Waals surface area contributed by atoms with Crippen molar-refractivity contribution in [2.45, 2.75) is 13.8 Å². The van der Waals surface area contributed by atoms with Gasteiger partial charge in [-0.05, 0) is 154 Å². The summed E-state index contributed by atoms with van der Waals surface area (Å²) in [6.07, 6.45) is 0. The minimum atomic E-state index is 1.24. The molecule has 0 aliphatic heterocycles. The maximum absolute atomic E-state index is 2.34. The fraction of sp³-hybridized carbons (Fsp3) is 0.0263. The van der Waals surface area contributed by atoms with E-state index >= 15 is 0 Å². The second-order valence-electron chi connectivity index (χ2n) is 19.4. The Balaban J connectivity index is 0.000000143. The molecular weight excluding hydrogens is 913 g/mol. The zero-order valence-electron chi connectivity index (χ0n) is 42.7. The molecule has 0 spiro atoms. The van der Waals surface area contributed by atoms with Crippen molar-refractivity contribution in [1.29, 1.82) is 0 Å². The van der Waals surface area contributed by atoms with Gasteiger partial charge in [-0.2, -0.15) is 0 Å². The normalized spacial score (nSPS) is 11.3. The lowest BCUT2D eigenvalue weighted by Gasteiger charge is -2.19. The maximum Gasteiger partial charge on any atom is -0.00201 e. The molecule has 0 amide bonds. The van der Waals surface area contributed by atoms with Gasteiger partial charge in [0.15, 0.2) is 0 Å². The molecule has 0 heteroatoms. The molecule has 0 saturated heterocycles. The fourth-order valence-electron chi connectivity index (χ4n) is 11.9. The van der Waals surface area contributed by atoms with E-state index in [0.29, 0.717) is 0 Å². The number of benzene rings is 15. The van der Waals surface area contributed by atoms with E-state index in [1.165, 1.54) is 142 Å². The number of hydrogen-bond acceptors (Lipinski definition) is 0. The van der Waals surface area contributed by atoms with Gasteiger partial charge in [0.2, 0.25) is 0 Å². The SMILES string of the molecule is CC.c1ccc2cc(-c3c4ccccc4c(-c4ccc(-c5cccc6ccccc56)cc4)c4ccccc34)ccc2c1.c1ccc2cc(-c3c4ccccc4c(-c4cccc5ccccc45)c4ccccc34)ccc2c1. The van der Waals surface area contributed by atoms with Gasteiger partial charge in [0.25, 0.3) is 0 Å². The van der Waals surface area contributed by atoms with E-state index < -0.39 is 0 Å². The molecule has 0 radical (unpaired) electrons. The van der Waals surface area contributed by atoms with Gasteiger partial charge in [-0.1, -0.05) is 293 Å². The van der Waals surface area contributed by atoms with Crippen LogP contribution in [0.25, 0.3) is 142 Å². The second-order valence-corrected chi connectivity index (χ2v) is 19.4. The van der Waals surface area contributed by atoms with Gasteiger partial charge in [-0.15, -0.1) is 0 Å². The zero-order chi connectivity index (χ0) is 51.0. The summed E-state index contributed by atoms with van der Waals surface area (Å²) in [5.74, 6) is 0. The molecule has 0 bridgehead atoms. The van der Waals surface area contributed by atoms with Crippen LogP contribution in [0.3, 0.4) is 0 Å². The van der Waals surface area contributed by atoms with E-state index in [0.717, 1.165) is 0 Å². The smallest absolute Gasteiger partial charge is 0.00201 e. The molecule has 0 aromatic heterocycles. The van der Waals surface area contributed by atoms with Crippen LogP contribution in [0.1, 0.15) is 13.8 Å². The summed E-state index contributed by atoms with van der Waals surface area (Å²) in [5.41, 5.74) is 12.8. The van der Waals surface area contributed by atoms with Crippen LogP contribution >= 0.6 is 0 Å². The Bertz CT molecular complexity index is 4530. The van der Waals surface area contributed by atoms with Crippen molar-refractivity contribution in [2.24, 2.45) is 0 Å². The minimum Gasteiger partial charge on any atom is -0.0683 e. The molecule has 0 heterocycles. The summed E-state index contributed by atoms with van der Waals surface area (Å²) in [4.78, 5) is 0. The van der Waals surface area contributed by atoms with Crippen molar-refractivity contribution in [3.05, 3.63) is 291 Å². The van der Waals surface area contributed by atoms with Crippen LogP contribution in [-0.4, -0.2) is 0 Å². The molecule has 15 aromatic carbocycles. The summed E-state index contributed by atoms with van der Waals surface area (Å²) < 4.78 is 0. The fourth-order valence-corrected chi connectivity index (χ4v) is 11.9. The molecule has 358 valence electrons. The third-order valence-electron chi connectivity index (χ3n) is 15.3. The summed E-state index contributed by atoms with van der Waals surface area (Å²) >= 11 is 0. The lowest BCUT2D eigenvalue weighted by Crippen LogP contribution is -1.91. The third-order valence-corrected chi connectivity index (χ3v) is 15.3. The Labute approximate surface area is 444 Å². The molecule has 0 atom stereocenters. The van der Waals surface area contributed by atoms with Crippen LogP contribution in [0.15, 0.2) is 291 Å². The molecule has 0 fully saturated rings. The number of rotatable bonds is 5. The molecule has 0 aliphatic carbocycles. The molecule has 0 aliphatic rings. The standard InChI is InChI=1S/C40H26.C34H22.C2H6/c1-2-12-31-26-32(25-20-27(31)10-1)40-37-17-7-5-15-35(37)39(36-16-6-8-18-38(36)40)30-23-21-29(22-24-30)34-19-9-13-28-11-3-4-14-33(28)34;1-2-12-25-22-26(21-20-23(25)10-1)33-29-15-5-7-17-31(29)34(32-18-8-6-16-30(32)33)28-19-9-13-24-11-3-4-14-27(24)28;1-2/h1-26H;1-22H;1-2H3. The highest BCUT2D eigenvalue weighted by Gasteiger charge is 2.19. The lowest BCUT2D eigenvalue weighted by atomic mass is 9.84. The van der Waals surface area contributed by atoms with E-state index in [4.69, 9.17) is 0 Å². The van der Waals surface area contributed by atoms with Gasteiger partial charge in [0.05, 0.1) is 0 Å². The Morgan fingerprint density at radius 3 is 0.829 bits per heavy atom. The molecule has 0 saturated carbocycles. The van der Waals surface area contributed by atoms with E-state index in [1.807, 2.05) is 13.8 Å². The third kappa shape index (κ3) is 8.13. The molecule has 15 aromatic rings. The molecule has 76 heavy (non-hydrogen) atoms. The molecule has 0 N–H and O–H groups in total. The number of hydrogen-bond donors (Lipinski definition) is 0. The van der Waals surface area contributed by atoms with Crippen molar-refractivity contribution >= 4 is 86.2 Å². The van der Waals surface area contributed by atoms with E-state index in [9.17, 15) is 0 Å². The number of fused-ring (bicyclic) bond motifs is 8. The van der Waals surface area contributed by atoms with Crippen LogP contribution in [0, 0.1) is 0 Å². The molecular formula is C76H54. The first-order valence-corrected chi connectivity index (χ1v) is 26.7. The summed E-state index contributed by atoms with van der Waals surface area (Å²) in [7, 11) is 0. The van der Waals surface area contributed by atoms with Crippen LogP contribution in [0.5, 0.6) is 0 Å². The van der Waals surface area contributed by atoms with Gasteiger partial charge in [-0.25, -0.2) is 0 Å². The minimum absolute atomic E-state index is 1.24. The summed E-state index contributed by atoms with van der Waals surface area (Å²) in [6, 6.07) is 106. The highest BCUT2D eigenvalue weighted by molar-refractivity contribution is 6.24. The molecule has 0 unspecified atom stereocenters. The van der Waals surface area contributed by atoms with E-state index in [-0.39, 0.29) is 0 Å². The van der Waals surface area contributed by atoms with Gasteiger partial charge in [0.1, 0.15) is 0 Å². The highest BCUT2D eigenvalue weighted by Crippen LogP contribution is 2.47. The van der Waals surface area contributed by atoms with E-state index in [2.05, 4.69) is 291 Å². The van der Waals surface area contributed by atoms with Crippen molar-refractivity contribution in [3.8, 4) is 55.6 Å². The topological polar surface area (TPSA) is 0 Å². The van der Waals surface area contributed by atoms with Gasteiger partial charge >= 0.3 is 0 Å². The van der Waals surface area contributed by atoms with Crippen LogP contribution in [0.2, 0.25) is 0 Å². The van der Waals surface area contributed by atoms with Crippen molar-refractivity contribution in [2.75, 3.05) is 0 Å². The predicted molar refractivity (Wildman–Crippen MR) is 331 cm³/mol. The second kappa shape index (κ2) is 20.0.